The Morgan fingerprint density at radius 2 is 2.22 bits per heavy atom. The van der Waals surface area contributed by atoms with Crippen LogP contribution in [0.15, 0.2) is 4.52 Å². The highest BCUT2D eigenvalue weighted by Gasteiger charge is 2.16. The molecule has 1 heterocycles. The van der Waals surface area contributed by atoms with Crippen molar-refractivity contribution in [3.63, 3.8) is 0 Å². The summed E-state index contributed by atoms with van der Waals surface area (Å²) in [5.74, 6) is 0.352. The van der Waals surface area contributed by atoms with Crippen LogP contribution in [0.2, 0.25) is 0 Å². The molecule has 1 rings (SSSR count). The zero-order valence-corrected chi connectivity index (χ0v) is 10.9. The van der Waals surface area contributed by atoms with Gasteiger partial charge in [-0.25, -0.2) is 0 Å². The third kappa shape index (κ3) is 4.83. The van der Waals surface area contributed by atoms with Crippen LogP contribution in [0.4, 0.5) is 0 Å². The van der Waals surface area contributed by atoms with Crippen LogP contribution in [0.5, 0.6) is 0 Å². The van der Waals surface area contributed by atoms with Gasteiger partial charge in [-0.3, -0.25) is 4.79 Å². The molecule has 0 saturated carbocycles. The molecule has 6 heteroatoms. The number of carbonyl (C=O) groups is 1. The number of hydrogen-bond acceptors (Lipinski definition) is 5. The molecule has 0 saturated heterocycles. The average molecular weight is 256 g/mol. The summed E-state index contributed by atoms with van der Waals surface area (Å²) in [5, 5.41) is 12.4. The van der Waals surface area contributed by atoms with Crippen molar-refractivity contribution in [1.29, 1.82) is 0 Å². The fraction of sp³-hybridized carbons (Fsp3) is 0.750. The van der Waals surface area contributed by atoms with Gasteiger partial charge in [-0.1, -0.05) is 12.1 Å². The van der Waals surface area contributed by atoms with E-state index in [0.717, 1.165) is 12.8 Å². The first kappa shape index (κ1) is 14.6. The van der Waals surface area contributed by atoms with Gasteiger partial charge < -0.3 is 14.4 Å². The van der Waals surface area contributed by atoms with Gasteiger partial charge in [0, 0.05) is 19.4 Å². The Balaban J connectivity index is 2.40. The fourth-order valence-corrected chi connectivity index (χ4v) is 1.63. The first-order valence-electron chi connectivity index (χ1n) is 6.33. The summed E-state index contributed by atoms with van der Waals surface area (Å²) in [4.78, 5) is 14.6. The molecule has 1 atom stereocenters. The van der Waals surface area contributed by atoms with Crippen molar-refractivity contribution in [3.8, 4) is 0 Å². The summed E-state index contributed by atoms with van der Waals surface area (Å²) in [5.41, 5.74) is 0. The maximum Gasteiger partial charge on any atom is 0.303 e. The Morgan fingerprint density at radius 3 is 2.83 bits per heavy atom. The van der Waals surface area contributed by atoms with E-state index in [4.69, 9.17) is 14.4 Å². The zero-order valence-electron chi connectivity index (χ0n) is 10.9. The molecule has 1 N–H and O–H groups in total. The fourth-order valence-electron chi connectivity index (χ4n) is 1.63. The second kappa shape index (κ2) is 7.81. The van der Waals surface area contributed by atoms with Crippen molar-refractivity contribution in [2.75, 3.05) is 6.61 Å². The number of carboxylic acid groups (broad SMARTS) is 1. The van der Waals surface area contributed by atoms with E-state index < -0.39 is 5.97 Å². The van der Waals surface area contributed by atoms with Gasteiger partial charge in [0.2, 0.25) is 11.7 Å². The highest BCUT2D eigenvalue weighted by Crippen LogP contribution is 2.18. The number of rotatable bonds is 9. The number of nitrogens with zero attached hydrogens (tertiary/aromatic N) is 2. The van der Waals surface area contributed by atoms with Crippen molar-refractivity contribution in [3.05, 3.63) is 11.7 Å². The van der Waals surface area contributed by atoms with Crippen LogP contribution in [0, 0.1) is 0 Å². The van der Waals surface area contributed by atoms with E-state index in [1.54, 1.807) is 0 Å². The molecule has 1 aromatic heterocycles. The molecule has 0 aliphatic rings. The van der Waals surface area contributed by atoms with Crippen LogP contribution in [0.1, 0.15) is 57.3 Å². The Labute approximate surface area is 106 Å². The number of carboxylic acids is 1. The Hall–Kier alpha value is -1.43. The van der Waals surface area contributed by atoms with Crippen molar-refractivity contribution in [2.45, 2.75) is 52.1 Å². The first-order chi connectivity index (χ1) is 8.67. The highest BCUT2D eigenvalue weighted by atomic mass is 16.5. The van der Waals surface area contributed by atoms with E-state index in [1.807, 2.05) is 13.8 Å². The van der Waals surface area contributed by atoms with Gasteiger partial charge in [0.15, 0.2) is 0 Å². The van der Waals surface area contributed by atoms with Crippen LogP contribution >= 0.6 is 0 Å². The minimum absolute atomic E-state index is 0.119. The van der Waals surface area contributed by atoms with Crippen molar-refractivity contribution in [2.24, 2.45) is 0 Å². The first-order valence-corrected chi connectivity index (χ1v) is 6.33. The standard InChI is InChI=1S/C12H20N2O4/c1-3-9(17-4-2)12-13-10(18-14-12)7-5-6-8-11(15)16/h9H,3-8H2,1-2H3,(H,15,16). The van der Waals surface area contributed by atoms with E-state index in [2.05, 4.69) is 10.1 Å². The summed E-state index contributed by atoms with van der Waals surface area (Å²) in [7, 11) is 0. The molecular weight excluding hydrogens is 236 g/mol. The van der Waals surface area contributed by atoms with Crippen LogP contribution in [0.3, 0.4) is 0 Å². The summed E-state index contributed by atoms with van der Waals surface area (Å²) in [6.07, 6.45) is 2.83. The van der Waals surface area contributed by atoms with E-state index in [1.165, 1.54) is 0 Å². The lowest BCUT2D eigenvalue weighted by Crippen LogP contribution is -2.05. The average Bonchev–Trinajstić information content (AvgIpc) is 2.80. The smallest absolute Gasteiger partial charge is 0.303 e. The van der Waals surface area contributed by atoms with E-state index >= 15 is 0 Å². The molecule has 0 amide bonds. The summed E-state index contributed by atoms with van der Waals surface area (Å²) >= 11 is 0. The molecule has 0 bridgehead atoms. The number of hydrogen-bond donors (Lipinski definition) is 1. The molecule has 18 heavy (non-hydrogen) atoms. The van der Waals surface area contributed by atoms with Crippen molar-refractivity contribution in [1.82, 2.24) is 10.1 Å². The summed E-state index contributed by atoms with van der Waals surface area (Å²) in [6.45, 7) is 4.54. The van der Waals surface area contributed by atoms with Crippen molar-refractivity contribution < 1.29 is 19.2 Å². The molecule has 1 unspecified atom stereocenters. The SMILES string of the molecule is CCOC(CC)c1noc(CCCCC(=O)O)n1. The van der Waals surface area contributed by atoms with Gasteiger partial charge in [-0.15, -0.1) is 0 Å². The lowest BCUT2D eigenvalue weighted by Gasteiger charge is -2.09. The van der Waals surface area contributed by atoms with Crippen molar-refractivity contribution >= 4 is 5.97 Å². The Bertz CT molecular complexity index is 365. The lowest BCUT2D eigenvalue weighted by atomic mass is 10.2. The molecule has 0 fully saturated rings. The van der Waals surface area contributed by atoms with Gasteiger partial charge >= 0.3 is 5.97 Å². The van der Waals surface area contributed by atoms with Gasteiger partial charge in [-0.2, -0.15) is 4.98 Å². The van der Waals surface area contributed by atoms with Crippen LogP contribution in [0.25, 0.3) is 0 Å². The van der Waals surface area contributed by atoms with Crippen LogP contribution in [-0.2, 0) is 16.0 Å². The largest absolute Gasteiger partial charge is 0.481 e. The van der Waals surface area contributed by atoms with E-state index in [-0.39, 0.29) is 12.5 Å². The summed E-state index contributed by atoms with van der Waals surface area (Å²) in [6, 6.07) is 0. The number of aliphatic carboxylic acids is 1. The van der Waals surface area contributed by atoms with Crippen LogP contribution < -0.4 is 0 Å². The van der Waals surface area contributed by atoms with Crippen LogP contribution in [-0.4, -0.2) is 27.8 Å². The Kier molecular flexibility index (Phi) is 6.35. The molecule has 6 nitrogen and oxygen atoms in total. The topological polar surface area (TPSA) is 85.5 Å². The molecule has 0 radical (unpaired) electrons. The van der Waals surface area contributed by atoms with Gasteiger partial charge in [0.05, 0.1) is 0 Å². The van der Waals surface area contributed by atoms with E-state index in [9.17, 15) is 4.79 Å². The van der Waals surface area contributed by atoms with Gasteiger partial charge in [0.25, 0.3) is 0 Å². The molecule has 102 valence electrons. The summed E-state index contributed by atoms with van der Waals surface area (Å²) < 4.78 is 10.6. The second-order valence-corrected chi connectivity index (χ2v) is 4.00. The third-order valence-corrected chi connectivity index (χ3v) is 2.54. The molecule has 0 spiro atoms. The molecule has 0 aromatic carbocycles. The normalized spacial score (nSPS) is 12.6. The van der Waals surface area contributed by atoms with Gasteiger partial charge in [-0.05, 0) is 26.2 Å². The predicted octanol–water partition coefficient (Wildman–Crippen LogP) is 2.35. The maximum absolute atomic E-state index is 10.3. The Morgan fingerprint density at radius 1 is 1.44 bits per heavy atom. The molecule has 1 aromatic rings. The van der Waals surface area contributed by atoms with Gasteiger partial charge in [0.1, 0.15) is 6.10 Å². The molecule has 0 aliphatic heterocycles. The second-order valence-electron chi connectivity index (χ2n) is 4.00. The number of aromatic nitrogens is 2. The van der Waals surface area contributed by atoms with E-state index in [0.29, 0.717) is 31.2 Å². The number of unbranched alkanes of at least 4 members (excludes halogenated alkanes) is 1. The third-order valence-electron chi connectivity index (χ3n) is 2.54. The molecular formula is C12H20N2O4. The minimum atomic E-state index is -0.774. The molecule has 0 aliphatic carbocycles. The number of aryl methyl sites for hydroxylation is 1. The zero-order chi connectivity index (χ0) is 13.4. The predicted molar refractivity (Wildman–Crippen MR) is 64.1 cm³/mol. The maximum atomic E-state index is 10.3. The quantitative estimate of drug-likeness (QED) is 0.682. The lowest BCUT2D eigenvalue weighted by molar-refractivity contribution is -0.137. The highest BCUT2D eigenvalue weighted by molar-refractivity contribution is 5.66. The minimum Gasteiger partial charge on any atom is -0.481 e. The number of ether oxygens (including phenoxy) is 1. The monoisotopic (exact) mass is 256 g/mol.